The van der Waals surface area contributed by atoms with Crippen LogP contribution in [0.4, 0.5) is 0 Å². The van der Waals surface area contributed by atoms with Crippen molar-refractivity contribution in [3.05, 3.63) is 34.6 Å². The molecule has 1 N–H and O–H groups in total. The number of carbonyl (C=O) groups is 1. The lowest BCUT2D eigenvalue weighted by Crippen LogP contribution is -2.41. The Bertz CT molecular complexity index is 833. The molecule has 1 amide bonds. The van der Waals surface area contributed by atoms with Crippen molar-refractivity contribution in [3.8, 4) is 0 Å². The van der Waals surface area contributed by atoms with E-state index in [2.05, 4.69) is 5.32 Å². The molecule has 1 saturated carbocycles. The highest BCUT2D eigenvalue weighted by atomic mass is 32.2. The molecule has 6 heteroatoms. The van der Waals surface area contributed by atoms with Gasteiger partial charge in [0.1, 0.15) is 0 Å². The van der Waals surface area contributed by atoms with Gasteiger partial charge in [0, 0.05) is 11.6 Å². The zero-order valence-corrected chi connectivity index (χ0v) is 15.9. The van der Waals surface area contributed by atoms with Gasteiger partial charge in [-0.15, -0.1) is 0 Å². The second-order valence-corrected chi connectivity index (χ2v) is 8.55. The van der Waals surface area contributed by atoms with Crippen LogP contribution in [-0.4, -0.2) is 26.8 Å². The van der Waals surface area contributed by atoms with Crippen LogP contribution in [0, 0.1) is 0 Å². The fraction of sp³-hybridized carbons (Fsp3) is 0.526. The van der Waals surface area contributed by atoms with E-state index in [4.69, 9.17) is 4.98 Å². The van der Waals surface area contributed by atoms with Crippen molar-refractivity contribution >= 4 is 28.6 Å². The molecule has 0 radical (unpaired) electrons. The van der Waals surface area contributed by atoms with Gasteiger partial charge in [-0.3, -0.25) is 14.2 Å². The Hall–Kier alpha value is -1.82. The first-order valence-electron chi connectivity index (χ1n) is 8.80. The Morgan fingerprint density at radius 2 is 1.96 bits per heavy atom. The second-order valence-electron chi connectivity index (χ2n) is 7.61. The first kappa shape index (κ1) is 18.0. The minimum Gasteiger partial charge on any atom is -0.351 e. The number of aromatic nitrogens is 2. The third-order valence-electron chi connectivity index (χ3n) is 4.31. The maximum atomic E-state index is 13.0. The SMILES string of the molecule is CC(C)(C)NC(=O)CSc1nc2ccccc2c(=O)n1C1CCCC1. The standard InChI is InChI=1S/C19H25N3O2S/c1-19(2,3)21-16(23)12-25-18-20-15-11-7-6-10-14(15)17(24)22(18)13-8-4-5-9-13/h6-7,10-11,13H,4-5,8-9,12H2,1-3H3,(H,21,23). The van der Waals surface area contributed by atoms with Crippen molar-refractivity contribution in [3.63, 3.8) is 0 Å². The number of benzene rings is 1. The number of nitrogens with zero attached hydrogens (tertiary/aromatic N) is 2. The van der Waals surface area contributed by atoms with E-state index in [0.29, 0.717) is 16.1 Å². The second kappa shape index (κ2) is 7.20. The van der Waals surface area contributed by atoms with Crippen LogP contribution in [0.25, 0.3) is 10.9 Å². The summed E-state index contributed by atoms with van der Waals surface area (Å²) in [4.78, 5) is 29.9. The van der Waals surface area contributed by atoms with Crippen LogP contribution in [0.2, 0.25) is 0 Å². The lowest BCUT2D eigenvalue weighted by molar-refractivity contribution is -0.119. The van der Waals surface area contributed by atoms with Gasteiger partial charge in [-0.1, -0.05) is 36.7 Å². The van der Waals surface area contributed by atoms with Crippen molar-refractivity contribution in [2.75, 3.05) is 5.75 Å². The number of para-hydroxylation sites is 1. The summed E-state index contributed by atoms with van der Waals surface area (Å²) in [5, 5.41) is 4.26. The van der Waals surface area contributed by atoms with E-state index in [1.54, 1.807) is 0 Å². The first-order valence-corrected chi connectivity index (χ1v) is 9.79. The predicted molar refractivity (Wildman–Crippen MR) is 102 cm³/mol. The van der Waals surface area contributed by atoms with E-state index in [1.165, 1.54) is 11.8 Å². The summed E-state index contributed by atoms with van der Waals surface area (Å²) in [6.07, 6.45) is 4.28. The van der Waals surface area contributed by atoms with Gasteiger partial charge in [-0.05, 0) is 45.7 Å². The molecule has 25 heavy (non-hydrogen) atoms. The molecule has 1 aromatic carbocycles. The van der Waals surface area contributed by atoms with Gasteiger partial charge < -0.3 is 5.32 Å². The smallest absolute Gasteiger partial charge is 0.262 e. The van der Waals surface area contributed by atoms with Crippen LogP contribution in [0.5, 0.6) is 0 Å². The largest absolute Gasteiger partial charge is 0.351 e. The first-order chi connectivity index (χ1) is 11.8. The molecule has 1 fully saturated rings. The number of hydrogen-bond acceptors (Lipinski definition) is 4. The molecular weight excluding hydrogens is 334 g/mol. The van der Waals surface area contributed by atoms with Crippen molar-refractivity contribution in [1.29, 1.82) is 0 Å². The average Bonchev–Trinajstić information content (AvgIpc) is 3.05. The summed E-state index contributed by atoms with van der Waals surface area (Å²) >= 11 is 1.35. The number of rotatable bonds is 4. The lowest BCUT2D eigenvalue weighted by Gasteiger charge is -2.21. The number of amides is 1. The fourth-order valence-electron chi connectivity index (χ4n) is 3.30. The maximum Gasteiger partial charge on any atom is 0.262 e. The van der Waals surface area contributed by atoms with Crippen molar-refractivity contribution in [2.24, 2.45) is 0 Å². The molecule has 3 rings (SSSR count). The van der Waals surface area contributed by atoms with Gasteiger partial charge in [0.2, 0.25) is 5.91 Å². The topological polar surface area (TPSA) is 64.0 Å². The van der Waals surface area contributed by atoms with Gasteiger partial charge in [0.25, 0.3) is 5.56 Å². The molecule has 0 atom stereocenters. The quantitative estimate of drug-likeness (QED) is 0.670. The highest BCUT2D eigenvalue weighted by molar-refractivity contribution is 7.99. The van der Waals surface area contributed by atoms with E-state index < -0.39 is 0 Å². The molecule has 1 aromatic heterocycles. The molecule has 5 nitrogen and oxygen atoms in total. The Labute approximate surface area is 152 Å². The average molecular weight is 359 g/mol. The number of fused-ring (bicyclic) bond motifs is 1. The van der Waals surface area contributed by atoms with Gasteiger partial charge >= 0.3 is 0 Å². The van der Waals surface area contributed by atoms with E-state index in [-0.39, 0.29) is 28.8 Å². The normalized spacial score (nSPS) is 15.6. The molecule has 0 bridgehead atoms. The number of carbonyl (C=O) groups excluding carboxylic acids is 1. The lowest BCUT2D eigenvalue weighted by atomic mass is 10.1. The molecule has 1 aliphatic carbocycles. The summed E-state index contributed by atoms with van der Waals surface area (Å²) in [7, 11) is 0. The van der Waals surface area contributed by atoms with Gasteiger partial charge in [-0.2, -0.15) is 0 Å². The van der Waals surface area contributed by atoms with Crippen LogP contribution in [0.1, 0.15) is 52.5 Å². The summed E-state index contributed by atoms with van der Waals surface area (Å²) in [5.41, 5.74) is 0.441. The fourth-order valence-corrected chi connectivity index (χ4v) is 4.16. The zero-order valence-electron chi connectivity index (χ0n) is 15.0. The highest BCUT2D eigenvalue weighted by Gasteiger charge is 2.23. The Balaban J connectivity index is 1.93. The van der Waals surface area contributed by atoms with Crippen LogP contribution in [0.15, 0.2) is 34.2 Å². The third kappa shape index (κ3) is 4.24. The number of nitrogens with one attached hydrogen (secondary N) is 1. The van der Waals surface area contributed by atoms with Crippen LogP contribution < -0.4 is 10.9 Å². The van der Waals surface area contributed by atoms with E-state index in [9.17, 15) is 9.59 Å². The predicted octanol–water partition coefficient (Wildman–Crippen LogP) is 3.52. The molecule has 0 saturated heterocycles. The number of thioether (sulfide) groups is 1. The van der Waals surface area contributed by atoms with Crippen molar-refractivity contribution in [2.45, 2.75) is 63.2 Å². The molecule has 1 heterocycles. The van der Waals surface area contributed by atoms with Crippen LogP contribution in [-0.2, 0) is 4.79 Å². The van der Waals surface area contributed by atoms with Gasteiger partial charge in [0.15, 0.2) is 5.16 Å². The molecule has 2 aromatic rings. The molecular formula is C19H25N3O2S. The van der Waals surface area contributed by atoms with E-state index in [1.807, 2.05) is 49.6 Å². The van der Waals surface area contributed by atoms with E-state index >= 15 is 0 Å². The van der Waals surface area contributed by atoms with Crippen LogP contribution in [0.3, 0.4) is 0 Å². The van der Waals surface area contributed by atoms with Crippen molar-refractivity contribution < 1.29 is 4.79 Å². The summed E-state index contributed by atoms with van der Waals surface area (Å²) in [6.45, 7) is 5.87. The molecule has 0 aliphatic heterocycles. The van der Waals surface area contributed by atoms with Gasteiger partial charge in [-0.25, -0.2) is 4.98 Å². The summed E-state index contributed by atoms with van der Waals surface area (Å²) < 4.78 is 1.82. The Morgan fingerprint density at radius 1 is 1.28 bits per heavy atom. The molecule has 134 valence electrons. The van der Waals surface area contributed by atoms with Gasteiger partial charge in [0.05, 0.1) is 16.7 Å². The summed E-state index contributed by atoms with van der Waals surface area (Å²) in [6, 6.07) is 7.63. The summed E-state index contributed by atoms with van der Waals surface area (Å²) in [5.74, 6) is 0.215. The number of hydrogen-bond donors (Lipinski definition) is 1. The molecule has 0 spiro atoms. The monoisotopic (exact) mass is 359 g/mol. The molecule has 1 aliphatic rings. The Morgan fingerprint density at radius 3 is 2.64 bits per heavy atom. The highest BCUT2D eigenvalue weighted by Crippen LogP contribution is 2.32. The minimum absolute atomic E-state index is 0.0104. The zero-order chi connectivity index (χ0) is 18.0. The van der Waals surface area contributed by atoms with E-state index in [0.717, 1.165) is 25.7 Å². The molecule has 0 unspecified atom stereocenters. The minimum atomic E-state index is -0.264. The Kier molecular flexibility index (Phi) is 5.18. The maximum absolute atomic E-state index is 13.0. The van der Waals surface area contributed by atoms with Crippen LogP contribution >= 0.6 is 11.8 Å². The van der Waals surface area contributed by atoms with Crippen molar-refractivity contribution in [1.82, 2.24) is 14.9 Å². The third-order valence-corrected chi connectivity index (χ3v) is 5.26.